The molecule has 1 aromatic heterocycles. The van der Waals surface area contributed by atoms with Crippen LogP contribution in [0, 0.1) is 6.92 Å². The van der Waals surface area contributed by atoms with Gasteiger partial charge in [0.25, 0.3) is 5.56 Å². The van der Waals surface area contributed by atoms with Crippen LogP contribution < -0.4 is 5.56 Å². The summed E-state index contributed by atoms with van der Waals surface area (Å²) in [6.07, 6.45) is 2.38. The average Bonchev–Trinajstić information content (AvgIpc) is 3.06. The van der Waals surface area contributed by atoms with Crippen molar-refractivity contribution >= 4 is 17.7 Å². The number of carbonyl (C=O) groups excluding carboxylic acids is 1. The molecule has 1 aromatic rings. The van der Waals surface area contributed by atoms with Crippen molar-refractivity contribution in [3.63, 3.8) is 0 Å². The van der Waals surface area contributed by atoms with Crippen molar-refractivity contribution in [3.8, 4) is 0 Å². The van der Waals surface area contributed by atoms with Gasteiger partial charge in [-0.2, -0.15) is 0 Å². The Kier molecular flexibility index (Phi) is 2.73. The molecule has 1 saturated carbocycles. The average molecular weight is 265 g/mol. The van der Waals surface area contributed by atoms with Crippen molar-refractivity contribution in [3.05, 3.63) is 27.5 Å². The van der Waals surface area contributed by atoms with Crippen LogP contribution in [0.15, 0.2) is 15.9 Å². The van der Waals surface area contributed by atoms with Crippen LogP contribution in [0.25, 0.3) is 0 Å². The third-order valence-electron chi connectivity index (χ3n) is 3.60. The Hall–Kier alpha value is -1.23. The summed E-state index contributed by atoms with van der Waals surface area (Å²) in [5.41, 5.74) is 2.24. The predicted molar refractivity (Wildman–Crippen MR) is 69.2 cm³/mol. The maximum atomic E-state index is 12.1. The second kappa shape index (κ2) is 4.16. The van der Waals surface area contributed by atoms with Crippen LogP contribution in [0.4, 0.5) is 0 Å². The molecule has 0 bridgehead atoms. The SMILES string of the molecule is COC(=O)[C@@H]1CSc2c(C3CC3)c(C)cc(=O)n21. The third-order valence-corrected chi connectivity index (χ3v) is 4.77. The van der Waals surface area contributed by atoms with Crippen molar-refractivity contribution in [1.29, 1.82) is 0 Å². The van der Waals surface area contributed by atoms with Crippen molar-refractivity contribution < 1.29 is 9.53 Å². The van der Waals surface area contributed by atoms with Gasteiger partial charge in [-0.3, -0.25) is 9.36 Å². The summed E-state index contributed by atoms with van der Waals surface area (Å²) in [5.74, 6) is 0.857. The number of rotatable bonds is 2. The molecule has 0 saturated heterocycles. The molecular formula is C13H15NO3S. The fraction of sp³-hybridized carbons (Fsp3) is 0.538. The molecule has 3 rings (SSSR count). The van der Waals surface area contributed by atoms with Gasteiger partial charge in [-0.1, -0.05) is 0 Å². The molecule has 0 N–H and O–H groups in total. The fourth-order valence-electron chi connectivity index (χ4n) is 2.58. The molecule has 0 unspecified atom stereocenters. The molecule has 0 radical (unpaired) electrons. The van der Waals surface area contributed by atoms with E-state index in [1.807, 2.05) is 6.92 Å². The summed E-state index contributed by atoms with van der Waals surface area (Å²) in [5, 5.41) is 0.984. The van der Waals surface area contributed by atoms with Crippen LogP contribution in [-0.2, 0) is 9.53 Å². The third kappa shape index (κ3) is 1.68. The highest BCUT2D eigenvalue weighted by Gasteiger charge is 2.37. The normalized spacial score (nSPS) is 21.8. The van der Waals surface area contributed by atoms with Crippen molar-refractivity contribution in [1.82, 2.24) is 4.57 Å². The van der Waals surface area contributed by atoms with E-state index < -0.39 is 6.04 Å². The lowest BCUT2D eigenvalue weighted by Gasteiger charge is -2.14. The zero-order chi connectivity index (χ0) is 12.9. The van der Waals surface area contributed by atoms with E-state index in [1.165, 1.54) is 25.5 Å². The number of aryl methyl sites for hydroxylation is 1. The minimum atomic E-state index is -0.458. The van der Waals surface area contributed by atoms with Gasteiger partial charge in [-0.05, 0) is 36.8 Å². The van der Waals surface area contributed by atoms with Crippen molar-refractivity contribution in [2.45, 2.75) is 36.8 Å². The summed E-state index contributed by atoms with van der Waals surface area (Å²) in [6.45, 7) is 1.99. The minimum absolute atomic E-state index is 0.0905. The van der Waals surface area contributed by atoms with Crippen molar-refractivity contribution in [2.24, 2.45) is 0 Å². The van der Waals surface area contributed by atoms with Gasteiger partial charge in [0.15, 0.2) is 0 Å². The van der Waals surface area contributed by atoms with E-state index in [-0.39, 0.29) is 11.5 Å². The lowest BCUT2D eigenvalue weighted by molar-refractivity contribution is -0.143. The van der Waals surface area contributed by atoms with Gasteiger partial charge in [0, 0.05) is 11.8 Å². The standard InChI is InChI=1S/C13H15NO3S/c1-7-5-10(15)14-9(13(16)17-2)6-18-12(14)11(7)8-3-4-8/h5,8-9H,3-4,6H2,1-2H3/t9-/m0/s1. The van der Waals surface area contributed by atoms with Gasteiger partial charge < -0.3 is 4.74 Å². The van der Waals surface area contributed by atoms with Crippen molar-refractivity contribution in [2.75, 3.05) is 12.9 Å². The Bertz CT molecular complexity index is 574. The van der Waals surface area contributed by atoms with E-state index in [0.29, 0.717) is 11.7 Å². The first-order valence-electron chi connectivity index (χ1n) is 6.10. The summed E-state index contributed by atoms with van der Waals surface area (Å²) < 4.78 is 6.40. The Morgan fingerprint density at radius 2 is 2.22 bits per heavy atom. The van der Waals surface area contributed by atoms with E-state index in [2.05, 4.69) is 0 Å². The number of ether oxygens (including phenoxy) is 1. The molecule has 1 aliphatic carbocycles. The second-order valence-corrected chi connectivity index (χ2v) is 5.89. The van der Waals surface area contributed by atoms with Crippen LogP contribution in [0.3, 0.4) is 0 Å². The first kappa shape index (κ1) is 11.8. The largest absolute Gasteiger partial charge is 0.467 e. The molecule has 0 amide bonds. The molecule has 1 fully saturated rings. The molecule has 0 spiro atoms. The maximum Gasteiger partial charge on any atom is 0.329 e. The van der Waals surface area contributed by atoms with Gasteiger partial charge in [-0.25, -0.2) is 4.79 Å². The number of carbonyl (C=O) groups is 1. The Balaban J connectivity index is 2.16. The van der Waals surface area contributed by atoms with Gasteiger partial charge in [0.05, 0.1) is 12.1 Å². The summed E-state index contributed by atoms with van der Waals surface area (Å²) in [6, 6.07) is 1.19. The monoisotopic (exact) mass is 265 g/mol. The number of aromatic nitrogens is 1. The first-order valence-corrected chi connectivity index (χ1v) is 7.08. The topological polar surface area (TPSA) is 48.3 Å². The number of fused-ring (bicyclic) bond motifs is 1. The number of pyridine rings is 1. The van der Waals surface area contributed by atoms with Crippen LogP contribution in [0.1, 0.15) is 35.9 Å². The number of hydrogen-bond donors (Lipinski definition) is 0. The molecule has 5 heteroatoms. The molecule has 2 aliphatic rings. The quantitative estimate of drug-likeness (QED) is 0.766. The molecule has 18 heavy (non-hydrogen) atoms. The Morgan fingerprint density at radius 1 is 1.50 bits per heavy atom. The van der Waals surface area contributed by atoms with Crippen LogP contribution >= 0.6 is 11.8 Å². The van der Waals surface area contributed by atoms with Gasteiger partial charge in [-0.15, -0.1) is 11.8 Å². The zero-order valence-corrected chi connectivity index (χ0v) is 11.3. The lowest BCUT2D eigenvalue weighted by Crippen LogP contribution is -2.30. The predicted octanol–water partition coefficient (Wildman–Crippen LogP) is 1.85. The minimum Gasteiger partial charge on any atom is -0.467 e. The molecule has 0 aromatic carbocycles. The Labute approximate surface area is 109 Å². The molecule has 4 nitrogen and oxygen atoms in total. The zero-order valence-electron chi connectivity index (χ0n) is 10.4. The molecule has 96 valence electrons. The van der Waals surface area contributed by atoms with E-state index in [1.54, 1.807) is 22.4 Å². The van der Waals surface area contributed by atoms with E-state index in [4.69, 9.17) is 4.74 Å². The highest BCUT2D eigenvalue weighted by Crippen LogP contribution is 2.48. The summed E-state index contributed by atoms with van der Waals surface area (Å²) >= 11 is 1.61. The molecular weight excluding hydrogens is 250 g/mol. The van der Waals surface area contributed by atoms with Gasteiger partial charge >= 0.3 is 5.97 Å². The Morgan fingerprint density at radius 3 is 2.83 bits per heavy atom. The van der Waals surface area contributed by atoms with Crippen LogP contribution in [0.5, 0.6) is 0 Å². The second-order valence-electron chi connectivity index (χ2n) is 4.88. The summed E-state index contributed by atoms with van der Waals surface area (Å²) in [4.78, 5) is 23.8. The van der Waals surface area contributed by atoms with Gasteiger partial charge in [0.1, 0.15) is 6.04 Å². The molecule has 2 heterocycles. The number of thioether (sulfide) groups is 1. The fourth-order valence-corrected chi connectivity index (χ4v) is 4.02. The van der Waals surface area contributed by atoms with Crippen LogP contribution in [-0.4, -0.2) is 23.4 Å². The highest BCUT2D eigenvalue weighted by atomic mass is 32.2. The molecule has 1 atom stereocenters. The van der Waals surface area contributed by atoms with E-state index in [0.717, 1.165) is 10.6 Å². The number of esters is 1. The summed E-state index contributed by atoms with van der Waals surface area (Å²) in [7, 11) is 1.37. The maximum absolute atomic E-state index is 12.1. The number of nitrogens with zero attached hydrogens (tertiary/aromatic N) is 1. The van der Waals surface area contributed by atoms with E-state index >= 15 is 0 Å². The van der Waals surface area contributed by atoms with E-state index in [9.17, 15) is 9.59 Å². The number of hydrogen-bond acceptors (Lipinski definition) is 4. The highest BCUT2D eigenvalue weighted by molar-refractivity contribution is 7.99. The number of methoxy groups -OCH3 is 1. The van der Waals surface area contributed by atoms with Gasteiger partial charge in [0.2, 0.25) is 0 Å². The van der Waals surface area contributed by atoms with Crippen LogP contribution in [0.2, 0.25) is 0 Å². The molecule has 1 aliphatic heterocycles. The smallest absolute Gasteiger partial charge is 0.329 e. The lowest BCUT2D eigenvalue weighted by atomic mass is 10.1. The first-order chi connectivity index (χ1) is 8.63.